The summed E-state index contributed by atoms with van der Waals surface area (Å²) in [6.45, 7) is -0.400. The van der Waals surface area contributed by atoms with Crippen molar-refractivity contribution in [1.82, 2.24) is 4.98 Å². The Hall–Kier alpha value is -1.34. The average molecular weight is 236 g/mol. The number of hydrogen-bond donors (Lipinski definition) is 3. The molecule has 1 aromatic rings. The average Bonchev–Trinajstić information content (AvgIpc) is 2.25. The number of aromatic nitrogens is 1. The number of nitrogens with zero attached hydrogens (tertiary/aromatic N) is 1. The molecule has 0 bridgehead atoms. The van der Waals surface area contributed by atoms with Crippen molar-refractivity contribution in [3.05, 3.63) is 23.9 Å². The molecule has 1 aromatic heterocycles. The Balaban J connectivity index is 2.58. The number of rotatable bonds is 4. The Morgan fingerprint density at radius 2 is 2.06 bits per heavy atom. The van der Waals surface area contributed by atoms with Gasteiger partial charge in [0.15, 0.2) is 0 Å². The monoisotopic (exact) mass is 236 g/mol. The molecule has 0 saturated carbocycles. The third kappa shape index (κ3) is 3.67. The Labute approximate surface area is 89.7 Å². The third-order valence-electron chi connectivity index (χ3n) is 1.82. The van der Waals surface area contributed by atoms with Gasteiger partial charge in [-0.2, -0.15) is 13.2 Å². The third-order valence-corrected chi connectivity index (χ3v) is 1.82. The molecule has 0 fully saturated rings. The van der Waals surface area contributed by atoms with Gasteiger partial charge < -0.3 is 15.5 Å². The van der Waals surface area contributed by atoms with Gasteiger partial charge in [0, 0.05) is 12.7 Å². The highest BCUT2D eigenvalue weighted by atomic mass is 19.4. The van der Waals surface area contributed by atoms with E-state index in [4.69, 9.17) is 10.2 Å². The molecule has 0 saturated heterocycles. The van der Waals surface area contributed by atoms with Crippen LogP contribution >= 0.6 is 0 Å². The van der Waals surface area contributed by atoms with Crippen LogP contribution in [0.4, 0.5) is 19.0 Å². The molecule has 0 aromatic carbocycles. The predicted octanol–water partition coefficient (Wildman–Crippen LogP) is 0.866. The van der Waals surface area contributed by atoms with Crippen LogP contribution in [-0.2, 0) is 6.18 Å². The maximum Gasteiger partial charge on any atom is 0.417 e. The second-order valence-corrected chi connectivity index (χ2v) is 3.15. The van der Waals surface area contributed by atoms with Crippen molar-refractivity contribution in [3.8, 4) is 0 Å². The van der Waals surface area contributed by atoms with Gasteiger partial charge in [0.2, 0.25) is 0 Å². The fourth-order valence-electron chi connectivity index (χ4n) is 0.953. The number of aliphatic hydroxyl groups excluding tert-OH is 2. The number of halogens is 3. The van der Waals surface area contributed by atoms with Crippen LogP contribution in [0.1, 0.15) is 5.56 Å². The normalized spacial score (nSPS) is 13.6. The van der Waals surface area contributed by atoms with Gasteiger partial charge in [-0.05, 0) is 12.1 Å². The fraction of sp³-hybridized carbons (Fsp3) is 0.444. The first kappa shape index (κ1) is 12.7. The molecule has 0 aliphatic heterocycles. The molecule has 4 nitrogen and oxygen atoms in total. The Kier molecular flexibility index (Phi) is 4.08. The molecule has 7 heteroatoms. The van der Waals surface area contributed by atoms with E-state index >= 15 is 0 Å². The molecular weight excluding hydrogens is 225 g/mol. The lowest BCUT2D eigenvalue weighted by Gasteiger charge is -2.10. The van der Waals surface area contributed by atoms with Crippen molar-refractivity contribution in [3.63, 3.8) is 0 Å². The molecular formula is C9H11F3N2O2. The second-order valence-electron chi connectivity index (χ2n) is 3.15. The van der Waals surface area contributed by atoms with E-state index in [9.17, 15) is 13.2 Å². The molecule has 0 aliphatic carbocycles. The van der Waals surface area contributed by atoms with E-state index in [2.05, 4.69) is 10.3 Å². The van der Waals surface area contributed by atoms with Crippen LogP contribution in [-0.4, -0.2) is 34.5 Å². The van der Waals surface area contributed by atoms with Crippen LogP contribution in [0, 0.1) is 0 Å². The van der Waals surface area contributed by atoms with Gasteiger partial charge in [-0.1, -0.05) is 0 Å². The van der Waals surface area contributed by atoms with Crippen molar-refractivity contribution in [2.75, 3.05) is 18.5 Å². The lowest BCUT2D eigenvalue weighted by Crippen LogP contribution is -2.23. The highest BCUT2D eigenvalue weighted by Gasteiger charge is 2.30. The molecule has 16 heavy (non-hydrogen) atoms. The molecule has 0 radical (unpaired) electrons. The van der Waals surface area contributed by atoms with Gasteiger partial charge >= 0.3 is 6.18 Å². The quantitative estimate of drug-likeness (QED) is 0.725. The topological polar surface area (TPSA) is 65.4 Å². The van der Waals surface area contributed by atoms with Gasteiger partial charge in [-0.3, -0.25) is 0 Å². The van der Waals surface area contributed by atoms with Crippen molar-refractivity contribution in [2.24, 2.45) is 0 Å². The number of aliphatic hydroxyl groups is 2. The van der Waals surface area contributed by atoms with E-state index in [1.807, 2.05) is 0 Å². The van der Waals surface area contributed by atoms with Crippen LogP contribution in [0.25, 0.3) is 0 Å². The summed E-state index contributed by atoms with van der Waals surface area (Å²) >= 11 is 0. The van der Waals surface area contributed by atoms with Gasteiger partial charge in [-0.25, -0.2) is 4.98 Å². The minimum Gasteiger partial charge on any atom is -0.394 e. The predicted molar refractivity (Wildman–Crippen MR) is 50.8 cm³/mol. The first-order chi connectivity index (χ1) is 7.43. The molecule has 1 heterocycles. The van der Waals surface area contributed by atoms with Crippen LogP contribution in [0.15, 0.2) is 18.3 Å². The van der Waals surface area contributed by atoms with Crippen molar-refractivity contribution in [2.45, 2.75) is 12.3 Å². The number of alkyl halides is 3. The Morgan fingerprint density at radius 3 is 2.50 bits per heavy atom. The number of anilines is 1. The number of nitrogens with one attached hydrogen (secondary N) is 1. The van der Waals surface area contributed by atoms with Crippen LogP contribution < -0.4 is 5.32 Å². The summed E-state index contributed by atoms with van der Waals surface area (Å²) < 4.78 is 36.5. The van der Waals surface area contributed by atoms with Crippen LogP contribution in [0.5, 0.6) is 0 Å². The van der Waals surface area contributed by atoms with Gasteiger partial charge in [-0.15, -0.1) is 0 Å². The van der Waals surface area contributed by atoms with Gasteiger partial charge in [0.05, 0.1) is 18.3 Å². The van der Waals surface area contributed by atoms with Crippen LogP contribution in [0.3, 0.4) is 0 Å². The van der Waals surface area contributed by atoms with E-state index in [1.54, 1.807) is 0 Å². The summed E-state index contributed by atoms with van der Waals surface area (Å²) in [6, 6.07) is 2.05. The maximum absolute atomic E-state index is 12.2. The standard InChI is InChI=1S/C9H11F3N2O2/c10-9(11,12)6-1-2-8(13-3-6)14-4-7(16)5-15/h1-3,7,15-16H,4-5H2,(H,13,14). The minimum atomic E-state index is -4.41. The molecule has 0 aliphatic rings. The zero-order chi connectivity index (χ0) is 12.2. The van der Waals surface area contributed by atoms with Crippen molar-refractivity contribution >= 4 is 5.82 Å². The lowest BCUT2D eigenvalue weighted by atomic mass is 10.3. The first-order valence-electron chi connectivity index (χ1n) is 4.49. The zero-order valence-electron chi connectivity index (χ0n) is 8.20. The smallest absolute Gasteiger partial charge is 0.394 e. The molecule has 1 atom stereocenters. The van der Waals surface area contributed by atoms with Gasteiger partial charge in [0.25, 0.3) is 0 Å². The highest BCUT2D eigenvalue weighted by Crippen LogP contribution is 2.28. The minimum absolute atomic E-state index is 0.0227. The van der Waals surface area contributed by atoms with E-state index in [-0.39, 0.29) is 12.4 Å². The molecule has 1 unspecified atom stereocenters. The summed E-state index contributed by atoms with van der Waals surface area (Å²) in [5.41, 5.74) is -0.833. The van der Waals surface area contributed by atoms with E-state index < -0.39 is 24.5 Å². The zero-order valence-corrected chi connectivity index (χ0v) is 8.20. The highest BCUT2D eigenvalue weighted by molar-refractivity contribution is 5.36. The van der Waals surface area contributed by atoms with Crippen molar-refractivity contribution < 1.29 is 23.4 Å². The molecule has 0 spiro atoms. The van der Waals surface area contributed by atoms with Crippen LogP contribution in [0.2, 0.25) is 0 Å². The Morgan fingerprint density at radius 1 is 1.38 bits per heavy atom. The van der Waals surface area contributed by atoms with Gasteiger partial charge in [0.1, 0.15) is 5.82 Å². The molecule has 1 rings (SSSR count). The van der Waals surface area contributed by atoms with E-state index in [0.717, 1.165) is 12.1 Å². The summed E-state index contributed by atoms with van der Waals surface area (Å²) in [5, 5.41) is 20.1. The maximum atomic E-state index is 12.2. The molecule has 3 N–H and O–H groups in total. The Bertz CT molecular complexity index is 327. The molecule has 90 valence electrons. The second kappa shape index (κ2) is 5.13. The fourth-order valence-corrected chi connectivity index (χ4v) is 0.953. The van der Waals surface area contributed by atoms with Crippen molar-refractivity contribution in [1.29, 1.82) is 0 Å². The summed E-state index contributed by atoms with van der Waals surface area (Å²) in [5.74, 6) is 0.209. The number of pyridine rings is 1. The van der Waals surface area contributed by atoms with E-state index in [1.165, 1.54) is 0 Å². The lowest BCUT2D eigenvalue weighted by molar-refractivity contribution is -0.137. The number of hydrogen-bond acceptors (Lipinski definition) is 4. The largest absolute Gasteiger partial charge is 0.417 e. The summed E-state index contributed by atoms with van der Waals surface area (Å²) in [6.07, 6.45) is -4.67. The summed E-state index contributed by atoms with van der Waals surface area (Å²) in [7, 11) is 0. The summed E-state index contributed by atoms with van der Waals surface area (Å²) in [4.78, 5) is 3.53. The first-order valence-corrected chi connectivity index (χ1v) is 4.49. The van der Waals surface area contributed by atoms with E-state index in [0.29, 0.717) is 6.20 Å². The molecule has 0 amide bonds. The SMILES string of the molecule is OCC(O)CNc1ccc(C(F)(F)F)cn1.